The normalized spacial score (nSPS) is 9.68. The summed E-state index contributed by atoms with van der Waals surface area (Å²) in [6.07, 6.45) is -0.205. The zero-order valence-electron chi connectivity index (χ0n) is 9.97. The van der Waals surface area contributed by atoms with Crippen molar-refractivity contribution < 1.29 is 13.9 Å². The van der Waals surface area contributed by atoms with E-state index in [-0.39, 0.29) is 18.0 Å². The van der Waals surface area contributed by atoms with Crippen LogP contribution in [0.4, 0.5) is 4.39 Å². The molecule has 2 rings (SSSR count). The molecule has 0 aliphatic carbocycles. The van der Waals surface area contributed by atoms with Gasteiger partial charge in [0.15, 0.2) is 5.78 Å². The van der Waals surface area contributed by atoms with E-state index in [9.17, 15) is 9.18 Å². The molecule has 0 bridgehead atoms. The van der Waals surface area contributed by atoms with Gasteiger partial charge in [-0.05, 0) is 36.4 Å². The molecular formula is C15H10FNO2. The van der Waals surface area contributed by atoms with Crippen LogP contribution in [0.3, 0.4) is 0 Å². The number of benzene rings is 2. The van der Waals surface area contributed by atoms with Crippen LogP contribution in [0.15, 0.2) is 48.5 Å². The summed E-state index contributed by atoms with van der Waals surface area (Å²) in [5, 5.41) is 8.56. The topological polar surface area (TPSA) is 50.1 Å². The fraction of sp³-hybridized carbons (Fsp3) is 0.0667. The van der Waals surface area contributed by atoms with Gasteiger partial charge in [-0.15, -0.1) is 0 Å². The molecule has 19 heavy (non-hydrogen) atoms. The molecule has 0 atom stereocenters. The fourth-order valence-corrected chi connectivity index (χ4v) is 1.58. The van der Waals surface area contributed by atoms with E-state index in [0.717, 1.165) is 0 Å². The average molecular weight is 255 g/mol. The Morgan fingerprint density at radius 3 is 2.53 bits per heavy atom. The number of nitrogens with zero attached hydrogens (tertiary/aromatic N) is 1. The van der Waals surface area contributed by atoms with Gasteiger partial charge in [0, 0.05) is 0 Å². The second-order valence-electron chi connectivity index (χ2n) is 3.81. The molecule has 0 fully saturated rings. The predicted octanol–water partition coefficient (Wildman–Crippen LogP) is 3.71. The molecule has 0 radical (unpaired) electrons. The Balaban J connectivity index is 2.28. The van der Waals surface area contributed by atoms with E-state index in [1.54, 1.807) is 24.3 Å². The number of hydrogen-bond donors (Lipinski definition) is 0. The van der Waals surface area contributed by atoms with Crippen molar-refractivity contribution in [1.82, 2.24) is 0 Å². The summed E-state index contributed by atoms with van der Waals surface area (Å²) in [7, 11) is 0. The Morgan fingerprint density at radius 2 is 1.84 bits per heavy atom. The molecule has 2 aromatic carbocycles. The highest BCUT2D eigenvalue weighted by Gasteiger charge is 2.12. The molecule has 3 nitrogen and oxygen atoms in total. The van der Waals surface area contributed by atoms with Crippen molar-refractivity contribution in [2.24, 2.45) is 0 Å². The molecule has 0 heterocycles. The summed E-state index contributed by atoms with van der Waals surface area (Å²) in [5.74, 6) is 0.120. The van der Waals surface area contributed by atoms with Gasteiger partial charge in [0.2, 0.25) is 0 Å². The van der Waals surface area contributed by atoms with Crippen LogP contribution < -0.4 is 4.74 Å². The standard InChI is InChI=1S/C15H10FNO2/c16-11-5-7-12(8-6-11)19-15-4-2-1-3-13(15)14(18)9-10-17/h1-8H,9H2. The van der Waals surface area contributed by atoms with Crippen LogP contribution in [0.25, 0.3) is 0 Å². The number of halogens is 1. The first-order chi connectivity index (χ1) is 9.20. The molecule has 0 spiro atoms. The van der Waals surface area contributed by atoms with E-state index in [2.05, 4.69) is 0 Å². The lowest BCUT2D eigenvalue weighted by Crippen LogP contribution is -2.00. The van der Waals surface area contributed by atoms with Crippen LogP contribution in [-0.2, 0) is 0 Å². The lowest BCUT2D eigenvalue weighted by molar-refractivity contribution is 0.0995. The second kappa shape index (κ2) is 5.78. The number of Topliss-reactive ketones (excluding diaryl/α,β-unsaturated/α-hetero) is 1. The van der Waals surface area contributed by atoms with E-state index in [1.165, 1.54) is 24.3 Å². The van der Waals surface area contributed by atoms with Gasteiger partial charge in [-0.1, -0.05) is 12.1 Å². The smallest absolute Gasteiger partial charge is 0.180 e. The Morgan fingerprint density at radius 1 is 1.16 bits per heavy atom. The van der Waals surface area contributed by atoms with Gasteiger partial charge in [-0.25, -0.2) is 4.39 Å². The maximum absolute atomic E-state index is 12.8. The van der Waals surface area contributed by atoms with Gasteiger partial charge in [0.1, 0.15) is 17.3 Å². The number of nitriles is 1. The first-order valence-corrected chi connectivity index (χ1v) is 5.63. The van der Waals surface area contributed by atoms with E-state index in [1.807, 2.05) is 6.07 Å². The zero-order valence-corrected chi connectivity index (χ0v) is 9.97. The predicted molar refractivity (Wildman–Crippen MR) is 67.5 cm³/mol. The van der Waals surface area contributed by atoms with Crippen LogP contribution in [0.2, 0.25) is 0 Å². The first-order valence-electron chi connectivity index (χ1n) is 5.63. The quantitative estimate of drug-likeness (QED) is 0.782. The third-order valence-corrected chi connectivity index (χ3v) is 2.47. The molecule has 0 aliphatic heterocycles. The number of hydrogen-bond acceptors (Lipinski definition) is 3. The Hall–Kier alpha value is -2.67. The Bertz CT molecular complexity index is 629. The first kappa shape index (κ1) is 12.8. The van der Waals surface area contributed by atoms with Gasteiger partial charge < -0.3 is 4.74 Å². The molecule has 0 saturated heterocycles. The van der Waals surface area contributed by atoms with Gasteiger partial charge in [-0.3, -0.25) is 4.79 Å². The lowest BCUT2D eigenvalue weighted by atomic mass is 10.1. The molecule has 94 valence electrons. The van der Waals surface area contributed by atoms with E-state index in [0.29, 0.717) is 17.1 Å². The Labute approximate surface area is 109 Å². The minimum atomic E-state index is -0.360. The van der Waals surface area contributed by atoms with Crippen molar-refractivity contribution in [2.75, 3.05) is 0 Å². The number of ketones is 1. The van der Waals surface area contributed by atoms with Gasteiger partial charge in [0.25, 0.3) is 0 Å². The van der Waals surface area contributed by atoms with Crippen molar-refractivity contribution in [3.05, 3.63) is 59.9 Å². The molecule has 0 aliphatic rings. The molecule has 0 unspecified atom stereocenters. The molecule has 2 aromatic rings. The SMILES string of the molecule is N#CCC(=O)c1ccccc1Oc1ccc(F)cc1. The summed E-state index contributed by atoms with van der Waals surface area (Å²) in [4.78, 5) is 11.7. The van der Waals surface area contributed by atoms with Crippen LogP contribution in [-0.4, -0.2) is 5.78 Å². The highest BCUT2D eigenvalue weighted by Crippen LogP contribution is 2.26. The third-order valence-electron chi connectivity index (χ3n) is 2.47. The summed E-state index contributed by atoms with van der Waals surface area (Å²) in [5.41, 5.74) is 0.341. The van der Waals surface area contributed by atoms with Crippen LogP contribution in [0.5, 0.6) is 11.5 Å². The highest BCUT2D eigenvalue weighted by atomic mass is 19.1. The van der Waals surface area contributed by atoms with Crippen molar-refractivity contribution in [3.8, 4) is 17.6 Å². The average Bonchev–Trinajstić information content (AvgIpc) is 2.42. The van der Waals surface area contributed by atoms with E-state index >= 15 is 0 Å². The van der Waals surface area contributed by atoms with Crippen molar-refractivity contribution >= 4 is 5.78 Å². The Kier molecular flexibility index (Phi) is 3.89. The molecule has 0 saturated carbocycles. The maximum atomic E-state index is 12.8. The minimum Gasteiger partial charge on any atom is -0.457 e. The van der Waals surface area contributed by atoms with Crippen molar-refractivity contribution in [1.29, 1.82) is 5.26 Å². The third kappa shape index (κ3) is 3.17. The molecule has 4 heteroatoms. The summed E-state index contributed by atoms with van der Waals surface area (Å²) in [6, 6.07) is 14.0. The molecule has 0 aromatic heterocycles. The number of para-hydroxylation sites is 1. The lowest BCUT2D eigenvalue weighted by Gasteiger charge is -2.09. The number of rotatable bonds is 4. The molecular weight excluding hydrogens is 245 g/mol. The van der Waals surface area contributed by atoms with Gasteiger partial charge >= 0.3 is 0 Å². The van der Waals surface area contributed by atoms with E-state index in [4.69, 9.17) is 10.00 Å². The largest absolute Gasteiger partial charge is 0.457 e. The second-order valence-corrected chi connectivity index (χ2v) is 3.81. The summed E-state index contributed by atoms with van der Waals surface area (Å²) in [6.45, 7) is 0. The van der Waals surface area contributed by atoms with Gasteiger partial charge in [-0.2, -0.15) is 5.26 Å². The molecule has 0 N–H and O–H groups in total. The monoisotopic (exact) mass is 255 g/mol. The van der Waals surface area contributed by atoms with Crippen LogP contribution in [0, 0.1) is 17.1 Å². The summed E-state index contributed by atoms with van der Waals surface area (Å²) >= 11 is 0. The van der Waals surface area contributed by atoms with Crippen LogP contribution >= 0.6 is 0 Å². The maximum Gasteiger partial charge on any atom is 0.180 e. The van der Waals surface area contributed by atoms with Crippen molar-refractivity contribution in [3.63, 3.8) is 0 Å². The number of ether oxygens (including phenoxy) is 1. The highest BCUT2D eigenvalue weighted by molar-refractivity contribution is 5.99. The number of carbonyl (C=O) groups is 1. The van der Waals surface area contributed by atoms with Gasteiger partial charge in [0.05, 0.1) is 18.1 Å². The zero-order chi connectivity index (χ0) is 13.7. The summed E-state index contributed by atoms with van der Waals surface area (Å²) < 4.78 is 18.3. The minimum absolute atomic E-state index is 0.205. The van der Waals surface area contributed by atoms with Crippen LogP contribution in [0.1, 0.15) is 16.8 Å². The fourth-order valence-electron chi connectivity index (χ4n) is 1.58. The number of carbonyl (C=O) groups excluding carboxylic acids is 1. The van der Waals surface area contributed by atoms with E-state index < -0.39 is 0 Å². The van der Waals surface area contributed by atoms with Crippen molar-refractivity contribution in [2.45, 2.75) is 6.42 Å². The molecule has 0 amide bonds.